The van der Waals surface area contributed by atoms with Crippen molar-refractivity contribution in [1.82, 2.24) is 15.5 Å². The van der Waals surface area contributed by atoms with Crippen LogP contribution in [0.1, 0.15) is 46.5 Å². The van der Waals surface area contributed by atoms with E-state index in [1.807, 2.05) is 4.90 Å². The van der Waals surface area contributed by atoms with E-state index in [2.05, 4.69) is 24.5 Å². The maximum Gasteiger partial charge on any atom is 0.321 e. The number of rotatable bonds is 5. The summed E-state index contributed by atoms with van der Waals surface area (Å²) < 4.78 is 4.99. The zero-order valence-electron chi connectivity index (χ0n) is 15.7. The van der Waals surface area contributed by atoms with Gasteiger partial charge in [-0.25, -0.2) is 4.79 Å². The van der Waals surface area contributed by atoms with E-state index in [1.54, 1.807) is 6.92 Å². The van der Waals surface area contributed by atoms with Crippen LogP contribution in [0.2, 0.25) is 0 Å². The third-order valence-corrected chi connectivity index (χ3v) is 5.49. The Morgan fingerprint density at radius 1 is 1.23 bits per heavy atom. The molecule has 8 heteroatoms. The fourth-order valence-corrected chi connectivity index (χ4v) is 3.83. The third-order valence-electron chi connectivity index (χ3n) is 5.49. The van der Waals surface area contributed by atoms with Gasteiger partial charge in [0.25, 0.3) is 5.91 Å². The Kier molecular flexibility index (Phi) is 6.99. The van der Waals surface area contributed by atoms with Crippen LogP contribution in [0, 0.1) is 17.8 Å². The van der Waals surface area contributed by atoms with E-state index in [-0.39, 0.29) is 18.4 Å². The second kappa shape index (κ2) is 9.00. The molecule has 0 aromatic carbocycles. The molecule has 0 aromatic heterocycles. The van der Waals surface area contributed by atoms with Crippen LogP contribution in [0.25, 0.3) is 0 Å². The summed E-state index contributed by atoms with van der Waals surface area (Å²) in [6, 6.07) is -0.457. The SMILES string of the molecule is CCNC(=O)NC(=O)COC(=O)[C@@H]1CC(=O)N([C@@H]2CCC[C@H](C)[C@@H]2C)C1. The Morgan fingerprint density at radius 2 is 1.96 bits per heavy atom. The highest BCUT2D eigenvalue weighted by atomic mass is 16.5. The van der Waals surface area contributed by atoms with E-state index in [0.717, 1.165) is 12.8 Å². The largest absolute Gasteiger partial charge is 0.455 e. The minimum absolute atomic E-state index is 0.0234. The summed E-state index contributed by atoms with van der Waals surface area (Å²) in [7, 11) is 0. The van der Waals surface area contributed by atoms with Crippen LogP contribution >= 0.6 is 0 Å². The zero-order chi connectivity index (χ0) is 19.3. The summed E-state index contributed by atoms with van der Waals surface area (Å²) in [5.74, 6) is -0.867. The molecule has 1 aliphatic carbocycles. The first-order valence-electron chi connectivity index (χ1n) is 9.37. The second-order valence-corrected chi connectivity index (χ2v) is 7.30. The van der Waals surface area contributed by atoms with Gasteiger partial charge in [-0.15, -0.1) is 0 Å². The number of esters is 1. The fraction of sp³-hybridized carbons (Fsp3) is 0.778. The van der Waals surface area contributed by atoms with Crippen molar-refractivity contribution in [2.75, 3.05) is 19.7 Å². The van der Waals surface area contributed by atoms with Crippen molar-refractivity contribution in [3.8, 4) is 0 Å². The van der Waals surface area contributed by atoms with Crippen molar-refractivity contribution in [2.24, 2.45) is 17.8 Å². The molecule has 2 rings (SSSR count). The molecule has 146 valence electrons. The summed E-state index contributed by atoms with van der Waals surface area (Å²) in [6.45, 7) is 6.29. The monoisotopic (exact) mass is 367 g/mol. The topological polar surface area (TPSA) is 105 Å². The zero-order valence-corrected chi connectivity index (χ0v) is 15.7. The molecule has 8 nitrogen and oxygen atoms in total. The van der Waals surface area contributed by atoms with Crippen LogP contribution in [-0.4, -0.2) is 54.5 Å². The average Bonchev–Trinajstić information content (AvgIpc) is 2.97. The number of carbonyl (C=O) groups is 4. The highest BCUT2D eigenvalue weighted by Crippen LogP contribution is 2.35. The van der Waals surface area contributed by atoms with Gasteiger partial charge in [0, 0.05) is 25.6 Å². The lowest BCUT2D eigenvalue weighted by molar-refractivity contribution is -0.152. The van der Waals surface area contributed by atoms with Gasteiger partial charge in [-0.2, -0.15) is 0 Å². The molecule has 0 bridgehead atoms. The molecule has 1 saturated carbocycles. The molecule has 1 saturated heterocycles. The summed E-state index contributed by atoms with van der Waals surface area (Å²) in [5.41, 5.74) is 0. The Hall–Kier alpha value is -2.12. The van der Waals surface area contributed by atoms with Gasteiger partial charge >= 0.3 is 12.0 Å². The van der Waals surface area contributed by atoms with Crippen LogP contribution in [0.4, 0.5) is 4.79 Å². The molecule has 26 heavy (non-hydrogen) atoms. The first-order chi connectivity index (χ1) is 12.3. The Bertz CT molecular complexity index is 565. The second-order valence-electron chi connectivity index (χ2n) is 7.30. The molecule has 0 spiro atoms. The van der Waals surface area contributed by atoms with Gasteiger partial charge in [0.15, 0.2) is 6.61 Å². The maximum absolute atomic E-state index is 12.4. The molecular weight excluding hydrogens is 338 g/mol. The Labute approximate surface area is 154 Å². The average molecular weight is 367 g/mol. The van der Waals surface area contributed by atoms with E-state index in [1.165, 1.54) is 6.42 Å². The normalized spacial score (nSPS) is 28.6. The standard InChI is InChI=1S/C18H29N3O5/c1-4-19-18(25)20-15(22)10-26-17(24)13-8-16(23)21(9-13)14-7-5-6-11(2)12(14)3/h11-14H,4-10H2,1-3H3,(H2,19,20,22,25)/t11-,12-,13+,14+/m0/s1. The van der Waals surface area contributed by atoms with E-state index in [0.29, 0.717) is 24.9 Å². The molecular formula is C18H29N3O5. The number of hydrogen-bond donors (Lipinski definition) is 2. The smallest absolute Gasteiger partial charge is 0.321 e. The minimum atomic E-state index is -0.694. The van der Waals surface area contributed by atoms with Crippen molar-refractivity contribution in [3.05, 3.63) is 0 Å². The Balaban J connectivity index is 1.83. The molecule has 4 atom stereocenters. The van der Waals surface area contributed by atoms with E-state index in [9.17, 15) is 19.2 Å². The van der Waals surface area contributed by atoms with Gasteiger partial charge in [-0.3, -0.25) is 19.7 Å². The van der Waals surface area contributed by atoms with Crippen molar-refractivity contribution in [1.29, 1.82) is 0 Å². The van der Waals surface area contributed by atoms with Gasteiger partial charge in [-0.05, 0) is 25.2 Å². The number of urea groups is 1. The summed E-state index contributed by atoms with van der Waals surface area (Å²) in [6.07, 6.45) is 3.35. The van der Waals surface area contributed by atoms with Crippen molar-refractivity contribution in [3.63, 3.8) is 0 Å². The predicted molar refractivity (Wildman–Crippen MR) is 94.0 cm³/mol. The number of amides is 4. The van der Waals surface area contributed by atoms with Crippen molar-refractivity contribution < 1.29 is 23.9 Å². The first-order valence-corrected chi connectivity index (χ1v) is 9.37. The van der Waals surface area contributed by atoms with E-state index >= 15 is 0 Å². The van der Waals surface area contributed by atoms with Gasteiger partial charge in [0.1, 0.15) is 0 Å². The molecule has 1 aliphatic heterocycles. The third kappa shape index (κ3) is 4.95. The maximum atomic E-state index is 12.4. The molecule has 1 heterocycles. The lowest BCUT2D eigenvalue weighted by atomic mass is 9.77. The number of hydrogen-bond acceptors (Lipinski definition) is 5. The van der Waals surface area contributed by atoms with Crippen LogP contribution in [0.5, 0.6) is 0 Å². The number of ether oxygens (including phenoxy) is 1. The quantitative estimate of drug-likeness (QED) is 0.707. The van der Waals surface area contributed by atoms with Crippen molar-refractivity contribution >= 4 is 23.8 Å². The number of nitrogens with zero attached hydrogens (tertiary/aromatic N) is 1. The predicted octanol–water partition coefficient (Wildman–Crippen LogP) is 1.05. The number of likely N-dealkylation sites (tertiary alicyclic amines) is 1. The minimum Gasteiger partial charge on any atom is -0.455 e. The summed E-state index contributed by atoms with van der Waals surface area (Å²) in [4.78, 5) is 49.2. The lowest BCUT2D eigenvalue weighted by Gasteiger charge is -2.39. The molecule has 0 radical (unpaired) electrons. The van der Waals surface area contributed by atoms with E-state index < -0.39 is 30.4 Å². The van der Waals surface area contributed by atoms with E-state index in [4.69, 9.17) is 4.74 Å². The van der Waals surface area contributed by atoms with Gasteiger partial charge in [0.05, 0.1) is 5.92 Å². The summed E-state index contributed by atoms with van der Waals surface area (Å²) >= 11 is 0. The number of carbonyl (C=O) groups excluding carboxylic acids is 4. The fourth-order valence-electron chi connectivity index (χ4n) is 3.83. The van der Waals surface area contributed by atoms with Gasteiger partial charge in [-0.1, -0.05) is 26.7 Å². The molecule has 0 unspecified atom stereocenters. The Morgan fingerprint density at radius 3 is 2.65 bits per heavy atom. The molecule has 2 fully saturated rings. The summed E-state index contributed by atoms with van der Waals surface area (Å²) in [5, 5.41) is 4.48. The first kappa shape index (κ1) is 20.2. The molecule has 0 aromatic rings. The number of nitrogens with one attached hydrogen (secondary N) is 2. The number of imide groups is 1. The van der Waals surface area contributed by atoms with Gasteiger partial charge in [0.2, 0.25) is 5.91 Å². The van der Waals surface area contributed by atoms with Crippen LogP contribution in [0.15, 0.2) is 0 Å². The van der Waals surface area contributed by atoms with Gasteiger partial charge < -0.3 is 15.0 Å². The molecule has 2 N–H and O–H groups in total. The van der Waals surface area contributed by atoms with Crippen molar-refractivity contribution in [2.45, 2.75) is 52.5 Å². The lowest BCUT2D eigenvalue weighted by Crippen LogP contribution is -2.45. The van der Waals surface area contributed by atoms with Crippen LogP contribution in [0.3, 0.4) is 0 Å². The van der Waals surface area contributed by atoms with Crippen LogP contribution in [-0.2, 0) is 19.1 Å². The van der Waals surface area contributed by atoms with Crippen LogP contribution < -0.4 is 10.6 Å². The molecule has 2 aliphatic rings. The highest BCUT2D eigenvalue weighted by Gasteiger charge is 2.42. The molecule has 4 amide bonds. The highest BCUT2D eigenvalue weighted by molar-refractivity contribution is 5.96.